The molecule has 8 heteroatoms. The number of hydrogen-bond donors (Lipinski definition) is 2. The Labute approximate surface area is 147 Å². The minimum Gasteiger partial charge on any atom is -0.493 e. The molecule has 1 aromatic carbocycles. The van der Waals surface area contributed by atoms with Crippen molar-refractivity contribution in [2.75, 3.05) is 46.7 Å². The minimum absolute atomic E-state index is 0.236. The lowest BCUT2D eigenvalue weighted by Gasteiger charge is -2.12. The van der Waals surface area contributed by atoms with Crippen LogP contribution in [-0.4, -0.2) is 62.2 Å². The molecule has 0 bridgehead atoms. The second-order valence-electron chi connectivity index (χ2n) is 5.52. The van der Waals surface area contributed by atoms with E-state index in [0.717, 1.165) is 12.2 Å². The summed E-state index contributed by atoms with van der Waals surface area (Å²) >= 11 is 0. The number of nitrogens with one attached hydrogen (secondary N) is 2. The third-order valence-corrected chi connectivity index (χ3v) is 3.37. The Kier molecular flexibility index (Phi) is 6.53. The highest BCUT2D eigenvalue weighted by molar-refractivity contribution is 5.92. The number of carbonyl (C=O) groups excluding carboxylic acids is 1. The summed E-state index contributed by atoms with van der Waals surface area (Å²) in [5, 5.41) is 5.87. The first-order chi connectivity index (χ1) is 12.0. The van der Waals surface area contributed by atoms with Gasteiger partial charge in [0.25, 0.3) is 5.91 Å². The molecule has 2 aromatic rings. The largest absolute Gasteiger partial charge is 0.493 e. The lowest BCUT2D eigenvalue weighted by Crippen LogP contribution is -2.31. The first-order valence-corrected chi connectivity index (χ1v) is 7.78. The molecule has 2 rings (SSSR count). The quantitative estimate of drug-likeness (QED) is 0.750. The maximum atomic E-state index is 12.1. The Morgan fingerprint density at radius 3 is 2.60 bits per heavy atom. The van der Waals surface area contributed by atoms with Crippen molar-refractivity contribution in [2.45, 2.75) is 0 Å². The molecule has 0 fully saturated rings. The van der Waals surface area contributed by atoms with E-state index in [2.05, 4.69) is 20.6 Å². The Hall–Kier alpha value is -2.87. The van der Waals surface area contributed by atoms with Crippen molar-refractivity contribution in [1.29, 1.82) is 0 Å². The molecule has 0 radical (unpaired) electrons. The summed E-state index contributed by atoms with van der Waals surface area (Å²) < 4.78 is 10.5. The monoisotopic (exact) mass is 345 g/mol. The van der Waals surface area contributed by atoms with Gasteiger partial charge in [0.2, 0.25) is 5.95 Å². The topological polar surface area (TPSA) is 88.6 Å². The van der Waals surface area contributed by atoms with Crippen LogP contribution < -0.4 is 20.1 Å². The molecular weight excluding hydrogens is 322 g/mol. The van der Waals surface area contributed by atoms with Crippen LogP contribution in [0.2, 0.25) is 0 Å². The van der Waals surface area contributed by atoms with E-state index < -0.39 is 0 Å². The molecule has 1 aromatic heterocycles. The molecule has 0 saturated heterocycles. The molecule has 0 aliphatic carbocycles. The average Bonchev–Trinajstić information content (AvgIpc) is 2.61. The fourth-order valence-corrected chi connectivity index (χ4v) is 2.07. The van der Waals surface area contributed by atoms with E-state index in [9.17, 15) is 4.79 Å². The molecule has 0 aliphatic rings. The van der Waals surface area contributed by atoms with Gasteiger partial charge in [-0.25, -0.2) is 9.97 Å². The zero-order valence-electron chi connectivity index (χ0n) is 14.9. The van der Waals surface area contributed by atoms with E-state index in [4.69, 9.17) is 9.47 Å². The first-order valence-electron chi connectivity index (χ1n) is 7.78. The number of ether oxygens (including phenoxy) is 2. The number of rotatable bonds is 8. The van der Waals surface area contributed by atoms with E-state index in [1.54, 1.807) is 32.4 Å². The van der Waals surface area contributed by atoms with Gasteiger partial charge in [-0.15, -0.1) is 0 Å². The van der Waals surface area contributed by atoms with Gasteiger partial charge in [-0.05, 0) is 32.3 Å². The minimum atomic E-state index is -0.236. The van der Waals surface area contributed by atoms with Gasteiger partial charge < -0.3 is 25.0 Å². The van der Waals surface area contributed by atoms with Crippen LogP contribution >= 0.6 is 0 Å². The molecule has 134 valence electrons. The lowest BCUT2D eigenvalue weighted by molar-refractivity contribution is 0.0946. The maximum absolute atomic E-state index is 12.1. The number of nitrogens with zero attached hydrogens (tertiary/aromatic N) is 3. The number of benzene rings is 1. The highest BCUT2D eigenvalue weighted by atomic mass is 16.5. The molecular formula is C17H23N5O3. The lowest BCUT2D eigenvalue weighted by atomic mass is 10.3. The van der Waals surface area contributed by atoms with Gasteiger partial charge in [0.1, 0.15) is 5.69 Å². The van der Waals surface area contributed by atoms with Crippen molar-refractivity contribution >= 4 is 17.5 Å². The van der Waals surface area contributed by atoms with Gasteiger partial charge in [0.15, 0.2) is 11.5 Å². The summed E-state index contributed by atoms with van der Waals surface area (Å²) in [6.45, 7) is 1.31. The van der Waals surface area contributed by atoms with Gasteiger partial charge >= 0.3 is 0 Å². The third kappa shape index (κ3) is 5.32. The van der Waals surface area contributed by atoms with Crippen LogP contribution in [0.3, 0.4) is 0 Å². The second kappa shape index (κ2) is 8.84. The number of carbonyl (C=O) groups is 1. The molecule has 1 amide bonds. The number of hydrogen-bond acceptors (Lipinski definition) is 7. The summed E-state index contributed by atoms with van der Waals surface area (Å²) in [5.41, 5.74) is 1.03. The molecule has 0 spiro atoms. The molecule has 0 aliphatic heterocycles. The fourth-order valence-electron chi connectivity index (χ4n) is 2.07. The van der Waals surface area contributed by atoms with Gasteiger partial charge in [-0.3, -0.25) is 4.79 Å². The Balaban J connectivity index is 2.07. The van der Waals surface area contributed by atoms with Crippen LogP contribution in [0.4, 0.5) is 11.6 Å². The Morgan fingerprint density at radius 2 is 1.92 bits per heavy atom. The van der Waals surface area contributed by atoms with Crippen LogP contribution in [0, 0.1) is 0 Å². The van der Waals surface area contributed by atoms with Gasteiger partial charge in [0.05, 0.1) is 14.2 Å². The molecule has 8 nitrogen and oxygen atoms in total. The molecule has 0 atom stereocenters. The summed E-state index contributed by atoms with van der Waals surface area (Å²) in [6.07, 6.45) is 1.54. The van der Waals surface area contributed by atoms with Crippen LogP contribution in [-0.2, 0) is 0 Å². The number of anilines is 2. The highest BCUT2D eigenvalue weighted by Gasteiger charge is 2.10. The Morgan fingerprint density at radius 1 is 1.16 bits per heavy atom. The predicted octanol–water partition coefficient (Wildman–Crippen LogP) is 1.53. The summed E-state index contributed by atoms with van der Waals surface area (Å²) in [6, 6.07) is 6.93. The van der Waals surface area contributed by atoms with Crippen molar-refractivity contribution < 1.29 is 14.3 Å². The first kappa shape index (κ1) is 18.5. The van der Waals surface area contributed by atoms with Gasteiger partial charge in [0, 0.05) is 31.0 Å². The van der Waals surface area contributed by atoms with Crippen LogP contribution in [0.25, 0.3) is 0 Å². The number of amides is 1. The number of likely N-dealkylation sites (N-methyl/N-ethyl adjacent to an activating group) is 1. The Bertz CT molecular complexity index is 721. The predicted molar refractivity (Wildman–Crippen MR) is 95.7 cm³/mol. The van der Waals surface area contributed by atoms with E-state index in [1.807, 2.05) is 25.1 Å². The van der Waals surface area contributed by atoms with E-state index >= 15 is 0 Å². The van der Waals surface area contributed by atoms with Crippen molar-refractivity contribution in [3.05, 3.63) is 36.2 Å². The van der Waals surface area contributed by atoms with Crippen LogP contribution in [0.15, 0.2) is 30.5 Å². The van der Waals surface area contributed by atoms with Crippen molar-refractivity contribution in [2.24, 2.45) is 0 Å². The van der Waals surface area contributed by atoms with Gasteiger partial charge in [-0.2, -0.15) is 0 Å². The van der Waals surface area contributed by atoms with Crippen LogP contribution in [0.1, 0.15) is 10.5 Å². The molecule has 0 saturated carbocycles. The molecule has 25 heavy (non-hydrogen) atoms. The van der Waals surface area contributed by atoms with Crippen molar-refractivity contribution in [3.8, 4) is 11.5 Å². The smallest absolute Gasteiger partial charge is 0.270 e. The van der Waals surface area contributed by atoms with E-state index in [-0.39, 0.29) is 5.91 Å². The fraction of sp³-hybridized carbons (Fsp3) is 0.353. The molecule has 2 N–H and O–H groups in total. The van der Waals surface area contributed by atoms with Crippen LogP contribution in [0.5, 0.6) is 11.5 Å². The summed E-state index contributed by atoms with van der Waals surface area (Å²) in [4.78, 5) is 22.5. The zero-order valence-corrected chi connectivity index (χ0v) is 14.9. The number of methoxy groups -OCH3 is 2. The highest BCUT2D eigenvalue weighted by Crippen LogP contribution is 2.30. The number of aromatic nitrogens is 2. The maximum Gasteiger partial charge on any atom is 0.270 e. The molecule has 1 heterocycles. The SMILES string of the molecule is COc1ccc(Nc2nccc(C(=O)NCCN(C)C)n2)cc1OC. The zero-order chi connectivity index (χ0) is 18.2. The summed E-state index contributed by atoms with van der Waals surface area (Å²) in [7, 11) is 7.03. The normalized spacial score (nSPS) is 10.4. The summed E-state index contributed by atoms with van der Waals surface area (Å²) in [5.74, 6) is 1.31. The van der Waals surface area contributed by atoms with E-state index in [0.29, 0.717) is 29.7 Å². The van der Waals surface area contributed by atoms with Crippen molar-refractivity contribution in [3.63, 3.8) is 0 Å². The van der Waals surface area contributed by atoms with Gasteiger partial charge in [-0.1, -0.05) is 0 Å². The average molecular weight is 345 g/mol. The second-order valence-corrected chi connectivity index (χ2v) is 5.52. The molecule has 0 unspecified atom stereocenters. The van der Waals surface area contributed by atoms with E-state index in [1.165, 1.54) is 6.20 Å². The van der Waals surface area contributed by atoms with Crippen molar-refractivity contribution in [1.82, 2.24) is 20.2 Å². The third-order valence-electron chi connectivity index (χ3n) is 3.37. The standard InChI is InChI=1S/C17H23N5O3/c1-22(2)10-9-18-16(23)13-7-8-19-17(21-13)20-12-5-6-14(24-3)15(11-12)25-4/h5-8,11H,9-10H2,1-4H3,(H,18,23)(H,19,20,21).